The molecule has 1 aliphatic heterocycles. The van der Waals surface area contributed by atoms with E-state index in [-0.39, 0.29) is 11.3 Å². The van der Waals surface area contributed by atoms with Gasteiger partial charge in [-0.05, 0) is 54.8 Å². The minimum Gasteiger partial charge on any atom is -0.493 e. The molecule has 0 unspecified atom stereocenters. The average Bonchev–Trinajstić information content (AvgIpc) is 2.49. The first kappa shape index (κ1) is 12.8. The third-order valence-electron chi connectivity index (χ3n) is 3.35. The van der Waals surface area contributed by atoms with E-state index >= 15 is 0 Å². The molecule has 3 rings (SSSR count). The van der Waals surface area contributed by atoms with E-state index in [9.17, 15) is 13.6 Å². The molecule has 2 aromatic carbocycles. The van der Waals surface area contributed by atoms with Crippen LogP contribution in [0.25, 0.3) is 0 Å². The first-order chi connectivity index (χ1) is 9.65. The molecule has 0 spiro atoms. The number of carbonyl (C=O) groups is 1. The zero-order chi connectivity index (χ0) is 14.1. The second-order valence-corrected chi connectivity index (χ2v) is 4.73. The minimum atomic E-state index is -1.02. The molecule has 0 amide bonds. The summed E-state index contributed by atoms with van der Waals surface area (Å²) in [5.41, 5.74) is 1.57. The summed E-state index contributed by atoms with van der Waals surface area (Å²) in [5, 5.41) is 0. The Bertz CT molecular complexity index is 680. The van der Waals surface area contributed by atoms with Gasteiger partial charge >= 0.3 is 0 Å². The molecular weight excluding hydrogens is 262 g/mol. The van der Waals surface area contributed by atoms with Gasteiger partial charge < -0.3 is 4.74 Å². The van der Waals surface area contributed by atoms with Crippen molar-refractivity contribution in [2.75, 3.05) is 6.61 Å². The van der Waals surface area contributed by atoms with Gasteiger partial charge in [-0.1, -0.05) is 0 Å². The topological polar surface area (TPSA) is 26.3 Å². The Kier molecular flexibility index (Phi) is 3.22. The van der Waals surface area contributed by atoms with Gasteiger partial charge in [0.25, 0.3) is 0 Å². The molecular formula is C16H12F2O2. The molecule has 1 aliphatic rings. The number of rotatable bonds is 2. The zero-order valence-corrected chi connectivity index (χ0v) is 10.7. The van der Waals surface area contributed by atoms with Crippen molar-refractivity contribution in [3.05, 3.63) is 64.7 Å². The van der Waals surface area contributed by atoms with Gasteiger partial charge in [0, 0.05) is 11.1 Å². The van der Waals surface area contributed by atoms with E-state index in [1.54, 1.807) is 18.2 Å². The van der Waals surface area contributed by atoms with Crippen LogP contribution in [0, 0.1) is 11.6 Å². The summed E-state index contributed by atoms with van der Waals surface area (Å²) in [6.45, 7) is 0.684. The Labute approximate surface area is 115 Å². The lowest BCUT2D eigenvalue weighted by molar-refractivity contribution is 0.103. The van der Waals surface area contributed by atoms with Crippen LogP contribution in [-0.2, 0) is 6.42 Å². The first-order valence-electron chi connectivity index (χ1n) is 6.40. The molecule has 1 heterocycles. The maximum atomic E-state index is 13.2. The van der Waals surface area contributed by atoms with Gasteiger partial charge in [0.1, 0.15) is 5.75 Å². The predicted octanol–water partition coefficient (Wildman–Crippen LogP) is 3.52. The van der Waals surface area contributed by atoms with Crippen LogP contribution in [0.2, 0.25) is 0 Å². The van der Waals surface area contributed by atoms with Gasteiger partial charge in [0.2, 0.25) is 0 Å². The molecule has 20 heavy (non-hydrogen) atoms. The highest BCUT2D eigenvalue weighted by molar-refractivity contribution is 6.09. The summed E-state index contributed by atoms with van der Waals surface area (Å²) in [6, 6.07) is 8.34. The third kappa shape index (κ3) is 2.29. The smallest absolute Gasteiger partial charge is 0.193 e. The molecule has 0 radical (unpaired) electrons. The molecule has 0 bridgehead atoms. The lowest BCUT2D eigenvalue weighted by Crippen LogP contribution is -2.10. The lowest BCUT2D eigenvalue weighted by atomic mass is 9.98. The summed E-state index contributed by atoms with van der Waals surface area (Å²) < 4.78 is 31.5. The Morgan fingerprint density at radius 2 is 1.75 bits per heavy atom. The summed E-state index contributed by atoms with van der Waals surface area (Å²) in [4.78, 5) is 12.3. The van der Waals surface area contributed by atoms with Gasteiger partial charge in [0.05, 0.1) is 6.61 Å². The van der Waals surface area contributed by atoms with Crippen molar-refractivity contribution < 1.29 is 18.3 Å². The van der Waals surface area contributed by atoms with Crippen molar-refractivity contribution in [2.24, 2.45) is 0 Å². The number of halogens is 2. The van der Waals surface area contributed by atoms with E-state index in [1.807, 2.05) is 0 Å². The van der Waals surface area contributed by atoms with E-state index in [4.69, 9.17) is 4.74 Å². The van der Waals surface area contributed by atoms with Crippen LogP contribution >= 0.6 is 0 Å². The van der Waals surface area contributed by atoms with Crippen molar-refractivity contribution in [2.45, 2.75) is 12.8 Å². The number of ether oxygens (including phenoxy) is 1. The Hall–Kier alpha value is -2.23. The molecule has 4 heteroatoms. The summed E-state index contributed by atoms with van der Waals surface area (Å²) >= 11 is 0. The highest BCUT2D eigenvalue weighted by Crippen LogP contribution is 2.26. The third-order valence-corrected chi connectivity index (χ3v) is 3.35. The fraction of sp³-hybridized carbons (Fsp3) is 0.188. The highest BCUT2D eigenvalue weighted by Gasteiger charge is 2.16. The van der Waals surface area contributed by atoms with E-state index < -0.39 is 11.6 Å². The van der Waals surface area contributed by atoms with E-state index in [0.717, 1.165) is 36.3 Å². The summed E-state index contributed by atoms with van der Waals surface area (Å²) in [6.07, 6.45) is 1.77. The van der Waals surface area contributed by atoms with E-state index in [0.29, 0.717) is 12.2 Å². The minimum absolute atomic E-state index is 0.139. The van der Waals surface area contributed by atoms with Gasteiger partial charge in [-0.15, -0.1) is 0 Å². The number of aryl methyl sites for hydroxylation is 1. The number of ketones is 1. The van der Waals surface area contributed by atoms with Crippen LogP contribution < -0.4 is 4.74 Å². The molecule has 2 aromatic rings. The molecule has 102 valence electrons. The van der Waals surface area contributed by atoms with Gasteiger partial charge in [-0.3, -0.25) is 4.79 Å². The standard InChI is InChI=1S/C16H12F2O2/c17-13-5-3-12(9-14(13)18)16(19)11-4-6-15-10(8-11)2-1-7-20-15/h3-6,8-9H,1-2,7H2. The van der Waals surface area contributed by atoms with E-state index in [1.165, 1.54) is 6.07 Å². The van der Waals surface area contributed by atoms with Crippen LogP contribution in [0.4, 0.5) is 8.78 Å². The molecule has 0 aliphatic carbocycles. The van der Waals surface area contributed by atoms with E-state index in [2.05, 4.69) is 0 Å². The average molecular weight is 274 g/mol. The quantitative estimate of drug-likeness (QED) is 0.783. The summed E-state index contributed by atoms with van der Waals surface area (Å²) in [7, 11) is 0. The number of hydrogen-bond donors (Lipinski definition) is 0. The zero-order valence-electron chi connectivity index (χ0n) is 10.7. The predicted molar refractivity (Wildman–Crippen MR) is 70.0 cm³/mol. The maximum Gasteiger partial charge on any atom is 0.193 e. The van der Waals surface area contributed by atoms with Crippen LogP contribution in [0.5, 0.6) is 5.75 Å². The fourth-order valence-electron chi connectivity index (χ4n) is 2.31. The number of carbonyl (C=O) groups excluding carboxylic acids is 1. The van der Waals surface area contributed by atoms with Crippen LogP contribution in [0.1, 0.15) is 27.9 Å². The largest absolute Gasteiger partial charge is 0.493 e. The van der Waals surface area contributed by atoms with Crippen LogP contribution in [-0.4, -0.2) is 12.4 Å². The second kappa shape index (κ2) is 5.04. The monoisotopic (exact) mass is 274 g/mol. The highest BCUT2D eigenvalue weighted by atomic mass is 19.2. The lowest BCUT2D eigenvalue weighted by Gasteiger charge is -2.17. The van der Waals surface area contributed by atoms with Gasteiger partial charge in [0.15, 0.2) is 17.4 Å². The molecule has 2 nitrogen and oxygen atoms in total. The number of hydrogen-bond acceptors (Lipinski definition) is 2. The van der Waals surface area contributed by atoms with Crippen molar-refractivity contribution in [1.82, 2.24) is 0 Å². The molecule has 0 atom stereocenters. The first-order valence-corrected chi connectivity index (χ1v) is 6.40. The van der Waals surface area contributed by atoms with Crippen LogP contribution in [0.15, 0.2) is 36.4 Å². The maximum absolute atomic E-state index is 13.2. The van der Waals surface area contributed by atoms with Gasteiger partial charge in [-0.25, -0.2) is 8.78 Å². The number of benzene rings is 2. The number of fused-ring (bicyclic) bond motifs is 1. The van der Waals surface area contributed by atoms with Crippen LogP contribution in [0.3, 0.4) is 0 Å². The Morgan fingerprint density at radius 1 is 1.00 bits per heavy atom. The molecule has 0 fully saturated rings. The normalized spacial score (nSPS) is 13.5. The van der Waals surface area contributed by atoms with Crippen molar-refractivity contribution in [1.29, 1.82) is 0 Å². The van der Waals surface area contributed by atoms with Crippen molar-refractivity contribution in [3.8, 4) is 5.75 Å². The molecule has 0 saturated heterocycles. The molecule has 0 aromatic heterocycles. The van der Waals surface area contributed by atoms with Crippen molar-refractivity contribution in [3.63, 3.8) is 0 Å². The Balaban J connectivity index is 1.95. The SMILES string of the molecule is O=C(c1ccc(F)c(F)c1)c1ccc2c(c1)CCCO2. The summed E-state index contributed by atoms with van der Waals surface area (Å²) in [5.74, 6) is -1.51. The Morgan fingerprint density at radius 3 is 2.55 bits per heavy atom. The molecule has 0 N–H and O–H groups in total. The molecule has 0 saturated carbocycles. The van der Waals surface area contributed by atoms with Crippen molar-refractivity contribution >= 4 is 5.78 Å². The van der Waals surface area contributed by atoms with Gasteiger partial charge in [-0.2, -0.15) is 0 Å². The second-order valence-electron chi connectivity index (χ2n) is 4.73. The fourth-order valence-corrected chi connectivity index (χ4v) is 2.31.